The number of aromatic nitrogens is 1. The van der Waals surface area contributed by atoms with Gasteiger partial charge in [0, 0.05) is 17.5 Å². The number of thiazole rings is 1. The molecule has 4 nitrogen and oxygen atoms in total. The predicted octanol–water partition coefficient (Wildman–Crippen LogP) is 5.40. The number of nitrogens with zero attached hydrogens (tertiary/aromatic N) is 2. The van der Waals surface area contributed by atoms with Gasteiger partial charge in [-0.25, -0.2) is 4.98 Å². The van der Waals surface area contributed by atoms with Crippen LogP contribution in [0.5, 0.6) is 0 Å². The van der Waals surface area contributed by atoms with E-state index in [1.165, 1.54) is 22.5 Å². The van der Waals surface area contributed by atoms with Gasteiger partial charge in [-0.1, -0.05) is 68.4 Å². The van der Waals surface area contributed by atoms with E-state index in [1.807, 2.05) is 48.5 Å². The molecule has 0 aliphatic heterocycles. The van der Waals surface area contributed by atoms with Crippen LogP contribution in [0.3, 0.4) is 0 Å². The van der Waals surface area contributed by atoms with Gasteiger partial charge in [-0.05, 0) is 28.7 Å². The van der Waals surface area contributed by atoms with Crippen LogP contribution in [-0.4, -0.2) is 10.9 Å². The van der Waals surface area contributed by atoms with E-state index in [4.69, 9.17) is 0 Å². The molecule has 0 aliphatic rings. The van der Waals surface area contributed by atoms with Crippen molar-refractivity contribution in [2.75, 3.05) is 5.32 Å². The zero-order valence-corrected chi connectivity index (χ0v) is 16.7. The Labute approximate surface area is 169 Å². The molecule has 0 saturated carbocycles. The van der Waals surface area contributed by atoms with Gasteiger partial charge in [0.25, 0.3) is 5.91 Å². The van der Waals surface area contributed by atoms with Crippen LogP contribution >= 0.6 is 11.3 Å². The number of nitriles is 1. The first-order valence-electron chi connectivity index (χ1n) is 9.07. The molecule has 1 amide bonds. The highest BCUT2D eigenvalue weighted by atomic mass is 32.1. The fourth-order valence-electron chi connectivity index (χ4n) is 2.70. The van der Waals surface area contributed by atoms with Crippen molar-refractivity contribution in [3.05, 3.63) is 87.9 Å². The molecular weight excluding hydrogens is 366 g/mol. The van der Waals surface area contributed by atoms with Crippen LogP contribution in [0, 0.1) is 11.3 Å². The van der Waals surface area contributed by atoms with E-state index in [0.29, 0.717) is 11.0 Å². The summed E-state index contributed by atoms with van der Waals surface area (Å²) < 4.78 is 0. The molecule has 0 atom stereocenters. The van der Waals surface area contributed by atoms with Crippen molar-refractivity contribution in [2.45, 2.75) is 26.2 Å². The lowest BCUT2D eigenvalue weighted by molar-refractivity contribution is -0.112. The molecule has 0 saturated heterocycles. The quantitative estimate of drug-likeness (QED) is 0.455. The summed E-state index contributed by atoms with van der Waals surface area (Å²) in [5.41, 5.74) is 3.28. The number of hydrogen-bond acceptors (Lipinski definition) is 4. The lowest BCUT2D eigenvalue weighted by Gasteiger charge is -2.05. The van der Waals surface area contributed by atoms with E-state index in [1.54, 1.807) is 12.3 Å². The Morgan fingerprint density at radius 2 is 1.89 bits per heavy atom. The molecular formula is C23H21N3OS. The van der Waals surface area contributed by atoms with Gasteiger partial charge < -0.3 is 0 Å². The molecule has 1 heterocycles. The van der Waals surface area contributed by atoms with Gasteiger partial charge in [0.15, 0.2) is 5.13 Å². The first-order valence-corrected chi connectivity index (χ1v) is 9.88. The molecule has 0 bridgehead atoms. The molecule has 140 valence electrons. The van der Waals surface area contributed by atoms with Crippen molar-refractivity contribution in [1.29, 1.82) is 5.26 Å². The van der Waals surface area contributed by atoms with Crippen LogP contribution in [0.15, 0.2) is 66.4 Å². The van der Waals surface area contributed by atoms with E-state index < -0.39 is 5.91 Å². The molecule has 0 unspecified atom stereocenters. The van der Waals surface area contributed by atoms with E-state index in [2.05, 4.69) is 36.3 Å². The Hall–Kier alpha value is -3.23. The van der Waals surface area contributed by atoms with Gasteiger partial charge in [-0.15, -0.1) is 11.3 Å². The summed E-state index contributed by atoms with van der Waals surface area (Å²) in [5, 5.41) is 12.6. The summed E-state index contributed by atoms with van der Waals surface area (Å²) in [5.74, 6) is -0.0113. The summed E-state index contributed by atoms with van der Waals surface area (Å²) in [6.45, 7) is 4.25. The highest BCUT2D eigenvalue weighted by Crippen LogP contribution is 2.22. The molecule has 0 radical (unpaired) electrons. The third-order valence-electron chi connectivity index (χ3n) is 4.27. The smallest absolute Gasteiger partial charge is 0.268 e. The van der Waals surface area contributed by atoms with E-state index in [9.17, 15) is 10.1 Å². The van der Waals surface area contributed by atoms with E-state index in [-0.39, 0.29) is 5.57 Å². The average molecular weight is 388 g/mol. The molecule has 2 aromatic carbocycles. The van der Waals surface area contributed by atoms with Crippen LogP contribution in [0.4, 0.5) is 5.13 Å². The zero-order chi connectivity index (χ0) is 19.9. The number of amides is 1. The lowest BCUT2D eigenvalue weighted by Crippen LogP contribution is -2.13. The van der Waals surface area contributed by atoms with Gasteiger partial charge in [-0.2, -0.15) is 5.26 Å². The Kier molecular flexibility index (Phi) is 6.36. The van der Waals surface area contributed by atoms with Crippen LogP contribution in [0.2, 0.25) is 0 Å². The normalized spacial score (nSPS) is 11.3. The fourth-order valence-corrected chi connectivity index (χ4v) is 3.54. The standard InChI is InChI=1S/C23H21N3OS/c1-16(2)19-10-8-18(9-11-19)12-20(14-24)22(27)26-23-25-15-21(28-23)13-17-6-4-3-5-7-17/h3-12,15-16H,13H2,1-2H3,(H,25,26,27). The summed E-state index contributed by atoms with van der Waals surface area (Å²) in [6, 6.07) is 19.9. The van der Waals surface area contributed by atoms with Crippen molar-refractivity contribution in [3.8, 4) is 6.07 Å². The minimum absolute atomic E-state index is 0.0529. The van der Waals surface area contributed by atoms with Crippen LogP contribution in [0.1, 0.15) is 41.3 Å². The second kappa shape index (κ2) is 9.12. The van der Waals surface area contributed by atoms with Gasteiger partial charge in [0.05, 0.1) is 0 Å². The number of carbonyl (C=O) groups excluding carboxylic acids is 1. The van der Waals surface area contributed by atoms with Crippen molar-refractivity contribution >= 4 is 28.5 Å². The van der Waals surface area contributed by atoms with Crippen molar-refractivity contribution < 1.29 is 4.79 Å². The summed E-state index contributed by atoms with van der Waals surface area (Å²) in [7, 11) is 0. The molecule has 3 rings (SSSR count). The van der Waals surface area contributed by atoms with Crippen LogP contribution in [0.25, 0.3) is 6.08 Å². The molecule has 28 heavy (non-hydrogen) atoms. The summed E-state index contributed by atoms with van der Waals surface area (Å²) >= 11 is 1.42. The fraction of sp³-hybridized carbons (Fsp3) is 0.174. The second-order valence-electron chi connectivity index (χ2n) is 6.74. The number of nitrogens with one attached hydrogen (secondary N) is 1. The molecule has 1 N–H and O–H groups in total. The van der Waals surface area contributed by atoms with Gasteiger partial charge in [-0.3, -0.25) is 10.1 Å². The Bertz CT molecular complexity index is 1010. The third kappa shape index (κ3) is 5.15. The first-order chi connectivity index (χ1) is 13.5. The average Bonchev–Trinajstić information content (AvgIpc) is 3.13. The lowest BCUT2D eigenvalue weighted by atomic mass is 10.0. The molecule has 0 aliphatic carbocycles. The Balaban J connectivity index is 1.68. The third-order valence-corrected chi connectivity index (χ3v) is 5.19. The van der Waals surface area contributed by atoms with Gasteiger partial charge in [0.2, 0.25) is 0 Å². The maximum Gasteiger partial charge on any atom is 0.268 e. The summed E-state index contributed by atoms with van der Waals surface area (Å²) in [6.07, 6.45) is 4.11. The van der Waals surface area contributed by atoms with Gasteiger partial charge in [0.1, 0.15) is 11.6 Å². The Morgan fingerprint density at radius 3 is 2.54 bits per heavy atom. The van der Waals surface area contributed by atoms with Gasteiger partial charge >= 0.3 is 0 Å². The number of rotatable bonds is 6. The molecule has 3 aromatic rings. The minimum atomic E-state index is -0.448. The maximum absolute atomic E-state index is 12.5. The minimum Gasteiger partial charge on any atom is -0.297 e. The highest BCUT2D eigenvalue weighted by molar-refractivity contribution is 7.15. The van der Waals surface area contributed by atoms with Crippen molar-refractivity contribution in [1.82, 2.24) is 4.98 Å². The monoisotopic (exact) mass is 387 g/mol. The van der Waals surface area contributed by atoms with Crippen molar-refractivity contribution in [3.63, 3.8) is 0 Å². The number of anilines is 1. The van der Waals surface area contributed by atoms with Crippen LogP contribution in [-0.2, 0) is 11.2 Å². The summed E-state index contributed by atoms with van der Waals surface area (Å²) in [4.78, 5) is 17.8. The SMILES string of the molecule is CC(C)c1ccc(C=C(C#N)C(=O)Nc2ncc(Cc3ccccc3)s2)cc1. The second-order valence-corrected chi connectivity index (χ2v) is 7.85. The molecule has 5 heteroatoms. The first kappa shape index (κ1) is 19.5. The van der Waals surface area contributed by atoms with E-state index >= 15 is 0 Å². The predicted molar refractivity (Wildman–Crippen MR) is 114 cm³/mol. The molecule has 1 aromatic heterocycles. The zero-order valence-electron chi connectivity index (χ0n) is 15.8. The highest BCUT2D eigenvalue weighted by Gasteiger charge is 2.12. The van der Waals surface area contributed by atoms with Crippen LogP contribution < -0.4 is 5.32 Å². The maximum atomic E-state index is 12.5. The Morgan fingerprint density at radius 1 is 1.18 bits per heavy atom. The van der Waals surface area contributed by atoms with E-state index in [0.717, 1.165) is 16.9 Å². The molecule has 0 fully saturated rings. The number of benzene rings is 2. The molecule has 0 spiro atoms. The largest absolute Gasteiger partial charge is 0.297 e. The van der Waals surface area contributed by atoms with Crippen molar-refractivity contribution in [2.24, 2.45) is 0 Å². The number of hydrogen-bond donors (Lipinski definition) is 1. The number of carbonyl (C=O) groups is 1. The topological polar surface area (TPSA) is 65.8 Å².